The van der Waals surface area contributed by atoms with Crippen molar-refractivity contribution in [2.45, 2.75) is 65.0 Å². The molecule has 0 saturated heterocycles. The van der Waals surface area contributed by atoms with Crippen LogP contribution >= 0.6 is 46.4 Å². The zero-order valence-corrected chi connectivity index (χ0v) is 39.7. The second kappa shape index (κ2) is 22.8. The molecule has 4 amide bonds. The number of carbonyl (C=O) groups excluding carboxylic acids is 6. The molecule has 0 spiro atoms. The maximum Gasteiger partial charge on any atom is 0.418 e. The van der Waals surface area contributed by atoms with Crippen LogP contribution in [-0.4, -0.2) is 47.3 Å². The molecule has 2 atom stereocenters. The minimum Gasteiger partial charge on any atom is -0.323 e. The maximum absolute atomic E-state index is 13.6. The van der Waals surface area contributed by atoms with Gasteiger partial charge in [-0.15, -0.1) is 0 Å². The molecule has 0 aromatic heterocycles. The fourth-order valence-corrected chi connectivity index (χ4v) is 7.25. The van der Waals surface area contributed by atoms with Crippen LogP contribution in [0.25, 0.3) is 0 Å². The monoisotopic (exact) mass is 1050 g/mol. The average Bonchev–Trinajstić information content (AvgIpc) is 3.26. The van der Waals surface area contributed by atoms with Gasteiger partial charge in [-0.1, -0.05) is 60.3 Å². The average molecular weight is 1050 g/mol. The van der Waals surface area contributed by atoms with E-state index >= 15 is 0 Å². The van der Waals surface area contributed by atoms with Crippen molar-refractivity contribution in [1.82, 2.24) is 0 Å². The summed E-state index contributed by atoms with van der Waals surface area (Å²) in [7, 11) is 0. The largest absolute Gasteiger partial charge is 0.418 e. The van der Waals surface area contributed by atoms with E-state index in [-0.39, 0.29) is 66.8 Å². The number of hydrogen-bond acceptors (Lipinski definition) is 10. The smallest absolute Gasteiger partial charge is 0.323 e. The summed E-state index contributed by atoms with van der Waals surface area (Å²) in [5.74, 6) is -5.40. The number of anilines is 4. The topological polar surface area (TPSA) is 200 Å². The zero-order valence-electron chi connectivity index (χ0n) is 36.7. The van der Waals surface area contributed by atoms with Gasteiger partial charge in [-0.2, -0.15) is 46.8 Å². The van der Waals surface area contributed by atoms with Crippen LogP contribution in [0.4, 0.5) is 60.5 Å². The van der Waals surface area contributed by atoms with Crippen molar-refractivity contribution in [2.75, 3.05) is 21.3 Å². The molecule has 0 bridgehead atoms. The molecular formula is C46H36Cl4F6N8O6. The number of Topliss-reactive ketones (excluding diaryl/α,β-unsaturated/α-hetero) is 2. The molecular weight excluding hydrogens is 1020 g/mol. The van der Waals surface area contributed by atoms with Crippen LogP contribution in [0, 0.1) is 0 Å². The number of amides is 4. The lowest BCUT2D eigenvalue weighted by Crippen LogP contribution is -2.33. The van der Waals surface area contributed by atoms with Crippen molar-refractivity contribution in [3.05, 3.63) is 138 Å². The number of ketones is 2. The summed E-state index contributed by atoms with van der Waals surface area (Å²) >= 11 is 24.3. The SMILES string of the molecule is CCc1c(NC(=O)C(N=Nc2cc(C(=O)Nc3cc(Cl)ccc3C(F)(F)F)ccc2Cl)C(C)=O)ccc(NC(=O)C(N=Nc2cc(C(=O)Nc3cc(Cl)ccc3C(F)(F)F)ccc2Cl)C(C)=O)c1CC. The summed E-state index contributed by atoms with van der Waals surface area (Å²) < 4.78 is 81.6. The lowest BCUT2D eigenvalue weighted by molar-refractivity contribution is -0.137. The minimum absolute atomic E-state index is 0.0730. The number of carbonyl (C=O) groups is 6. The predicted octanol–water partition coefficient (Wildman–Crippen LogP) is 13.3. The molecule has 0 aliphatic rings. The van der Waals surface area contributed by atoms with Gasteiger partial charge in [0.25, 0.3) is 23.6 Å². The Morgan fingerprint density at radius 1 is 0.500 bits per heavy atom. The van der Waals surface area contributed by atoms with E-state index in [4.69, 9.17) is 46.4 Å². The fourth-order valence-electron chi connectivity index (χ4n) is 6.60. The summed E-state index contributed by atoms with van der Waals surface area (Å²) in [6.07, 6.45) is -9.10. The Balaban J connectivity index is 1.33. The number of halogens is 10. The number of nitrogens with zero attached hydrogens (tertiary/aromatic N) is 4. The molecule has 4 N–H and O–H groups in total. The van der Waals surface area contributed by atoms with E-state index in [2.05, 4.69) is 41.7 Å². The van der Waals surface area contributed by atoms with Crippen molar-refractivity contribution in [1.29, 1.82) is 0 Å². The number of azo groups is 2. The number of benzene rings is 5. The number of hydrogen-bond donors (Lipinski definition) is 4. The lowest BCUT2D eigenvalue weighted by atomic mass is 9.98. The normalized spacial score (nSPS) is 12.7. The van der Waals surface area contributed by atoms with Crippen LogP contribution in [-0.2, 0) is 44.4 Å². The van der Waals surface area contributed by atoms with Crippen molar-refractivity contribution in [3.8, 4) is 0 Å². The molecule has 0 aliphatic carbocycles. The van der Waals surface area contributed by atoms with Gasteiger partial charge in [-0.3, -0.25) is 28.8 Å². The molecule has 0 radical (unpaired) electrons. The third kappa shape index (κ3) is 13.5. The third-order valence-electron chi connectivity index (χ3n) is 9.97. The first-order valence-corrected chi connectivity index (χ1v) is 21.9. The van der Waals surface area contributed by atoms with Crippen LogP contribution in [0.1, 0.15) is 70.7 Å². The highest BCUT2D eigenvalue weighted by molar-refractivity contribution is 6.34. The molecule has 0 fully saturated rings. The molecule has 14 nitrogen and oxygen atoms in total. The van der Waals surface area contributed by atoms with Crippen molar-refractivity contribution < 1.29 is 55.1 Å². The first kappa shape index (κ1) is 54.2. The Morgan fingerprint density at radius 2 is 0.857 bits per heavy atom. The summed E-state index contributed by atoms with van der Waals surface area (Å²) in [6.45, 7) is 5.62. The third-order valence-corrected chi connectivity index (χ3v) is 11.1. The molecule has 2 unspecified atom stereocenters. The van der Waals surface area contributed by atoms with E-state index < -0.39 is 82.1 Å². The predicted molar refractivity (Wildman–Crippen MR) is 252 cm³/mol. The van der Waals surface area contributed by atoms with Gasteiger partial charge in [0, 0.05) is 32.5 Å². The highest BCUT2D eigenvalue weighted by Gasteiger charge is 2.35. The van der Waals surface area contributed by atoms with E-state index in [1.54, 1.807) is 13.8 Å². The van der Waals surface area contributed by atoms with E-state index in [1.807, 2.05) is 0 Å². The van der Waals surface area contributed by atoms with Gasteiger partial charge in [0.05, 0.1) is 32.5 Å². The molecule has 0 heterocycles. The lowest BCUT2D eigenvalue weighted by Gasteiger charge is -2.20. The second-order valence-corrected chi connectivity index (χ2v) is 16.6. The highest BCUT2D eigenvalue weighted by atomic mass is 35.5. The first-order valence-electron chi connectivity index (χ1n) is 20.4. The fraction of sp³-hybridized carbons (Fsp3) is 0.217. The van der Waals surface area contributed by atoms with Gasteiger partial charge in [-0.05, 0) is 123 Å². The molecule has 0 aliphatic heterocycles. The van der Waals surface area contributed by atoms with E-state index in [0.717, 1.165) is 50.2 Å². The molecule has 70 heavy (non-hydrogen) atoms. The standard InChI is InChI=1S/C46H36Cl4F6N8O6/c1-5-27-28(6-2)34(58-44(70)40(22(4)66)64-62-38-18-24(8-14-32(38)50)42(68)60-36-20-26(48)10-12-30(36)46(54,55)56)16-15-33(27)57-43(69)39(21(3)65)63-61-37-17-23(7-13-31(37)49)41(67)59-35-19-25(47)9-11-29(35)45(51,52)53/h7-20,39-40H,5-6H2,1-4H3,(H,57,69)(H,58,70)(H,59,67)(H,60,68). The summed E-state index contributed by atoms with van der Waals surface area (Å²) in [5.41, 5.74) is -2.92. The van der Waals surface area contributed by atoms with Crippen LogP contribution in [0.2, 0.25) is 20.1 Å². The van der Waals surface area contributed by atoms with Gasteiger partial charge in [0.2, 0.25) is 12.1 Å². The summed E-state index contributed by atoms with van der Waals surface area (Å²) in [4.78, 5) is 78.7. The highest BCUT2D eigenvalue weighted by Crippen LogP contribution is 2.39. The van der Waals surface area contributed by atoms with Gasteiger partial charge in [-0.25, -0.2) is 0 Å². The number of alkyl halides is 6. The first-order chi connectivity index (χ1) is 32.8. The quantitative estimate of drug-likeness (QED) is 0.0430. The molecule has 24 heteroatoms. The van der Waals surface area contributed by atoms with E-state index in [9.17, 15) is 55.1 Å². The summed E-state index contributed by atoms with van der Waals surface area (Å²) in [6, 6.07) is 11.6. The van der Waals surface area contributed by atoms with Crippen molar-refractivity contribution in [3.63, 3.8) is 0 Å². The Hall–Kier alpha value is -6.74. The van der Waals surface area contributed by atoms with E-state index in [1.165, 1.54) is 36.4 Å². The Bertz CT molecular complexity index is 2770. The Labute approximate surface area is 414 Å². The molecule has 5 aromatic rings. The molecule has 5 aromatic carbocycles. The van der Waals surface area contributed by atoms with Crippen LogP contribution in [0.15, 0.2) is 105 Å². The van der Waals surface area contributed by atoms with Crippen molar-refractivity contribution >= 4 is 116 Å². The molecule has 366 valence electrons. The van der Waals surface area contributed by atoms with Gasteiger partial charge < -0.3 is 21.3 Å². The van der Waals surface area contributed by atoms with Gasteiger partial charge >= 0.3 is 12.4 Å². The molecule has 0 saturated carbocycles. The Kier molecular flexibility index (Phi) is 17.6. The molecule has 5 rings (SSSR count). The van der Waals surface area contributed by atoms with Crippen LogP contribution < -0.4 is 21.3 Å². The number of nitrogens with one attached hydrogen (secondary N) is 4. The maximum atomic E-state index is 13.6. The second-order valence-electron chi connectivity index (χ2n) is 14.9. The van der Waals surface area contributed by atoms with Gasteiger partial charge in [0.15, 0.2) is 11.6 Å². The summed E-state index contributed by atoms with van der Waals surface area (Å²) in [5, 5.41) is 24.9. The Morgan fingerprint density at radius 3 is 1.17 bits per heavy atom. The van der Waals surface area contributed by atoms with E-state index in [0.29, 0.717) is 23.3 Å². The minimum atomic E-state index is -4.82. The zero-order chi connectivity index (χ0) is 51.8. The van der Waals surface area contributed by atoms with Crippen LogP contribution in [0.3, 0.4) is 0 Å². The van der Waals surface area contributed by atoms with Gasteiger partial charge in [0.1, 0.15) is 11.4 Å². The van der Waals surface area contributed by atoms with Crippen molar-refractivity contribution in [2.24, 2.45) is 20.5 Å². The number of rotatable bonds is 16. The van der Waals surface area contributed by atoms with Crippen LogP contribution in [0.5, 0.6) is 0 Å².